The Labute approximate surface area is 133 Å². The minimum atomic E-state index is 0.212. The molecule has 3 rings (SSSR count). The topological polar surface area (TPSA) is 29.1 Å². The molecule has 0 aliphatic carbocycles. The van der Waals surface area contributed by atoms with Crippen LogP contribution in [0.4, 0.5) is 0 Å². The second-order valence-electron chi connectivity index (χ2n) is 5.59. The summed E-state index contributed by atoms with van der Waals surface area (Å²) < 4.78 is 0. The molecule has 0 bridgehead atoms. The molecule has 0 spiro atoms. The zero-order valence-corrected chi connectivity index (χ0v) is 13.1. The first-order valence-corrected chi connectivity index (χ1v) is 8.19. The lowest BCUT2D eigenvalue weighted by atomic mass is 10.0. The molecule has 2 nitrogen and oxygen atoms in total. The normalized spacial score (nSPS) is 13.8. The van der Waals surface area contributed by atoms with E-state index in [1.165, 1.54) is 37.9 Å². The zero-order valence-electron chi connectivity index (χ0n) is 13.1. The van der Waals surface area contributed by atoms with Crippen molar-refractivity contribution < 1.29 is 4.79 Å². The Balaban J connectivity index is 0.000000246. The third kappa shape index (κ3) is 6.23. The van der Waals surface area contributed by atoms with Gasteiger partial charge in [-0.15, -0.1) is 0 Å². The summed E-state index contributed by atoms with van der Waals surface area (Å²) in [5.74, 6) is 0.212. The fraction of sp³-hybridized carbons (Fsp3) is 0.350. The van der Waals surface area contributed by atoms with E-state index in [2.05, 4.69) is 17.4 Å². The molecule has 22 heavy (non-hydrogen) atoms. The predicted octanol–water partition coefficient (Wildman–Crippen LogP) is 4.26. The van der Waals surface area contributed by atoms with E-state index in [-0.39, 0.29) is 5.78 Å². The molecular formula is C20H25NO. The summed E-state index contributed by atoms with van der Waals surface area (Å²) in [6.45, 7) is 2.50. The number of carbonyl (C=O) groups is 1. The SMILES string of the molecule is C1CCNCC1.O=C(CCc1ccccc1)c1ccccc1. The number of carbonyl (C=O) groups excluding carboxylic acids is 1. The van der Waals surface area contributed by atoms with E-state index in [4.69, 9.17) is 0 Å². The minimum Gasteiger partial charge on any atom is -0.317 e. The quantitative estimate of drug-likeness (QED) is 0.854. The molecule has 1 N–H and O–H groups in total. The highest BCUT2D eigenvalue weighted by atomic mass is 16.1. The summed E-state index contributed by atoms with van der Waals surface area (Å²) in [6.07, 6.45) is 5.61. The monoisotopic (exact) mass is 295 g/mol. The van der Waals surface area contributed by atoms with Crippen molar-refractivity contribution in [1.82, 2.24) is 5.32 Å². The van der Waals surface area contributed by atoms with Crippen LogP contribution in [0.1, 0.15) is 41.6 Å². The average Bonchev–Trinajstić information content (AvgIpc) is 2.63. The molecule has 1 saturated heterocycles. The van der Waals surface area contributed by atoms with Gasteiger partial charge in [0.25, 0.3) is 0 Å². The van der Waals surface area contributed by atoms with Crippen molar-refractivity contribution in [2.75, 3.05) is 13.1 Å². The first-order chi connectivity index (χ1) is 10.9. The number of hydrogen-bond acceptors (Lipinski definition) is 2. The highest BCUT2D eigenvalue weighted by molar-refractivity contribution is 5.96. The van der Waals surface area contributed by atoms with Crippen LogP contribution in [0.5, 0.6) is 0 Å². The van der Waals surface area contributed by atoms with Gasteiger partial charge in [-0.1, -0.05) is 67.1 Å². The van der Waals surface area contributed by atoms with Gasteiger partial charge in [0.15, 0.2) is 5.78 Å². The van der Waals surface area contributed by atoms with E-state index in [0.717, 1.165) is 12.0 Å². The lowest BCUT2D eigenvalue weighted by molar-refractivity contribution is 0.0983. The molecular weight excluding hydrogens is 270 g/mol. The van der Waals surface area contributed by atoms with Crippen molar-refractivity contribution in [1.29, 1.82) is 0 Å². The highest BCUT2D eigenvalue weighted by Crippen LogP contribution is 2.08. The summed E-state index contributed by atoms with van der Waals surface area (Å²) in [5, 5.41) is 3.28. The second-order valence-corrected chi connectivity index (χ2v) is 5.59. The minimum absolute atomic E-state index is 0.212. The number of nitrogens with one attached hydrogen (secondary N) is 1. The van der Waals surface area contributed by atoms with E-state index in [1.807, 2.05) is 48.5 Å². The fourth-order valence-corrected chi connectivity index (χ4v) is 2.47. The molecule has 1 aliphatic heterocycles. The van der Waals surface area contributed by atoms with Crippen LogP contribution in [0.2, 0.25) is 0 Å². The fourth-order valence-electron chi connectivity index (χ4n) is 2.47. The number of hydrogen-bond donors (Lipinski definition) is 1. The van der Waals surface area contributed by atoms with E-state index in [1.54, 1.807) is 0 Å². The van der Waals surface area contributed by atoms with Gasteiger partial charge in [0.05, 0.1) is 0 Å². The molecule has 1 heterocycles. The number of rotatable bonds is 4. The number of benzene rings is 2. The van der Waals surface area contributed by atoms with Crippen molar-refractivity contribution >= 4 is 5.78 Å². The zero-order chi connectivity index (χ0) is 15.5. The average molecular weight is 295 g/mol. The van der Waals surface area contributed by atoms with Gasteiger partial charge in [0.2, 0.25) is 0 Å². The van der Waals surface area contributed by atoms with Crippen LogP contribution in [0.25, 0.3) is 0 Å². The van der Waals surface area contributed by atoms with Gasteiger partial charge in [-0.2, -0.15) is 0 Å². The van der Waals surface area contributed by atoms with Crippen LogP contribution in [0.15, 0.2) is 60.7 Å². The van der Waals surface area contributed by atoms with Gasteiger partial charge in [0, 0.05) is 12.0 Å². The van der Waals surface area contributed by atoms with E-state index < -0.39 is 0 Å². The van der Waals surface area contributed by atoms with Crippen LogP contribution in [0, 0.1) is 0 Å². The Morgan fingerprint density at radius 3 is 1.91 bits per heavy atom. The van der Waals surface area contributed by atoms with Crippen molar-refractivity contribution in [2.24, 2.45) is 0 Å². The number of aryl methyl sites for hydroxylation is 1. The largest absolute Gasteiger partial charge is 0.317 e. The summed E-state index contributed by atoms with van der Waals surface area (Å²) in [7, 11) is 0. The lowest BCUT2D eigenvalue weighted by Gasteiger charge is -2.08. The first kappa shape index (κ1) is 16.4. The van der Waals surface area contributed by atoms with E-state index >= 15 is 0 Å². The molecule has 2 aromatic rings. The Bertz CT molecular complexity index is 521. The van der Waals surface area contributed by atoms with Crippen LogP contribution < -0.4 is 5.32 Å². The number of piperidine rings is 1. The van der Waals surface area contributed by atoms with Crippen LogP contribution in [-0.2, 0) is 6.42 Å². The molecule has 0 aromatic heterocycles. The second kappa shape index (κ2) is 9.91. The van der Waals surface area contributed by atoms with Crippen LogP contribution in [-0.4, -0.2) is 18.9 Å². The van der Waals surface area contributed by atoms with Gasteiger partial charge in [-0.3, -0.25) is 4.79 Å². The maximum Gasteiger partial charge on any atom is 0.163 e. The van der Waals surface area contributed by atoms with E-state index in [9.17, 15) is 4.79 Å². The summed E-state index contributed by atoms with van der Waals surface area (Å²) in [6, 6.07) is 19.6. The molecule has 1 fully saturated rings. The van der Waals surface area contributed by atoms with Gasteiger partial charge >= 0.3 is 0 Å². The first-order valence-electron chi connectivity index (χ1n) is 8.19. The summed E-state index contributed by atoms with van der Waals surface area (Å²) in [4.78, 5) is 11.8. The molecule has 0 radical (unpaired) electrons. The van der Waals surface area contributed by atoms with Gasteiger partial charge in [0.1, 0.15) is 0 Å². The molecule has 2 heteroatoms. The Kier molecular flexibility index (Phi) is 7.40. The van der Waals surface area contributed by atoms with Gasteiger partial charge in [-0.25, -0.2) is 0 Å². The van der Waals surface area contributed by atoms with Crippen molar-refractivity contribution in [2.45, 2.75) is 32.1 Å². The molecule has 2 aromatic carbocycles. The third-order valence-electron chi connectivity index (χ3n) is 3.79. The molecule has 1 aliphatic rings. The van der Waals surface area contributed by atoms with Crippen molar-refractivity contribution in [3.63, 3.8) is 0 Å². The number of Topliss-reactive ketones (excluding diaryl/α,β-unsaturated/α-hetero) is 1. The van der Waals surface area contributed by atoms with E-state index in [0.29, 0.717) is 6.42 Å². The van der Waals surface area contributed by atoms with Gasteiger partial charge in [-0.05, 0) is 37.9 Å². The molecule has 0 amide bonds. The molecule has 0 saturated carbocycles. The molecule has 0 unspecified atom stereocenters. The Morgan fingerprint density at radius 2 is 1.41 bits per heavy atom. The Hall–Kier alpha value is -1.93. The van der Waals surface area contributed by atoms with Crippen molar-refractivity contribution in [3.05, 3.63) is 71.8 Å². The number of ketones is 1. The third-order valence-corrected chi connectivity index (χ3v) is 3.79. The maximum atomic E-state index is 11.8. The van der Waals surface area contributed by atoms with Crippen molar-refractivity contribution in [3.8, 4) is 0 Å². The molecule has 116 valence electrons. The summed E-state index contributed by atoms with van der Waals surface area (Å²) in [5.41, 5.74) is 2.02. The summed E-state index contributed by atoms with van der Waals surface area (Å²) >= 11 is 0. The Morgan fingerprint density at radius 1 is 0.818 bits per heavy atom. The predicted molar refractivity (Wildman–Crippen MR) is 92.3 cm³/mol. The smallest absolute Gasteiger partial charge is 0.163 e. The van der Waals surface area contributed by atoms with Crippen LogP contribution >= 0.6 is 0 Å². The van der Waals surface area contributed by atoms with Crippen LogP contribution in [0.3, 0.4) is 0 Å². The molecule has 0 atom stereocenters. The lowest BCUT2D eigenvalue weighted by Crippen LogP contribution is -2.21. The maximum absolute atomic E-state index is 11.8. The standard InChI is InChI=1S/C15H14O.C5H11N/c16-15(14-9-5-2-6-10-14)12-11-13-7-3-1-4-8-13;1-2-4-6-5-3-1/h1-10H,11-12H2;6H,1-5H2. The highest BCUT2D eigenvalue weighted by Gasteiger charge is 2.04. The van der Waals surface area contributed by atoms with Gasteiger partial charge < -0.3 is 5.32 Å².